The first-order valence-electron chi connectivity index (χ1n) is 13.2. The number of hydrogen-bond acceptors (Lipinski definition) is 7. The Morgan fingerprint density at radius 2 is 1.90 bits per heavy atom. The van der Waals surface area contributed by atoms with Gasteiger partial charge in [0.15, 0.2) is 11.5 Å². The Balaban J connectivity index is 1.96. The van der Waals surface area contributed by atoms with Crippen LogP contribution in [0.3, 0.4) is 0 Å². The number of nitrogens with one attached hydrogen (secondary N) is 1. The summed E-state index contributed by atoms with van der Waals surface area (Å²) < 4.78 is 32.0. The third kappa shape index (κ3) is 5.02. The molecule has 8 nitrogen and oxygen atoms in total. The van der Waals surface area contributed by atoms with Crippen LogP contribution in [0.1, 0.15) is 26.3 Å². The van der Waals surface area contributed by atoms with Gasteiger partial charge >= 0.3 is 5.69 Å². The summed E-state index contributed by atoms with van der Waals surface area (Å²) in [7, 11) is 0. The fourth-order valence-corrected chi connectivity index (χ4v) is 5.11. The number of aromatic nitrogens is 3. The molecule has 4 aromatic rings. The van der Waals surface area contributed by atoms with Crippen molar-refractivity contribution in [2.75, 3.05) is 24.5 Å². The van der Waals surface area contributed by atoms with Crippen LogP contribution >= 0.6 is 0 Å². The number of aliphatic imine (C=N–C) groups is 1. The van der Waals surface area contributed by atoms with Gasteiger partial charge in [0, 0.05) is 31.2 Å². The molecule has 0 bridgehead atoms. The lowest BCUT2D eigenvalue weighted by molar-refractivity contribution is 0.470. The normalized spacial score (nSPS) is 16.6. The summed E-state index contributed by atoms with van der Waals surface area (Å²) in [6, 6.07) is 14.0. The topological polar surface area (TPSA) is 95.6 Å². The number of allylic oxidation sites excluding steroid dienone is 3. The molecular weight excluding hydrogens is 526 g/mol. The molecule has 0 amide bonds. The molecule has 0 unspecified atom stereocenters. The van der Waals surface area contributed by atoms with Gasteiger partial charge in [-0.25, -0.2) is 23.1 Å². The minimum atomic E-state index is -0.868. The molecule has 0 aliphatic carbocycles. The highest BCUT2D eigenvalue weighted by molar-refractivity contribution is 5.97. The van der Waals surface area contributed by atoms with Crippen molar-refractivity contribution in [3.63, 3.8) is 0 Å². The van der Waals surface area contributed by atoms with Crippen LogP contribution in [0.4, 0.5) is 14.6 Å². The van der Waals surface area contributed by atoms with Gasteiger partial charge in [0.1, 0.15) is 23.1 Å². The fourth-order valence-electron chi connectivity index (χ4n) is 5.11. The third-order valence-electron chi connectivity index (χ3n) is 7.26. The van der Waals surface area contributed by atoms with E-state index in [-0.39, 0.29) is 22.9 Å². The lowest BCUT2D eigenvalue weighted by Gasteiger charge is -2.35. The number of phenols is 1. The number of nitrogens with zero attached hydrogens (tertiary/aromatic N) is 5. The number of rotatable bonds is 6. The number of aromatic hydroxyl groups is 1. The Hall–Kier alpha value is -4.70. The van der Waals surface area contributed by atoms with Crippen molar-refractivity contribution < 1.29 is 13.9 Å². The maximum Gasteiger partial charge on any atom is 0.355 e. The maximum absolute atomic E-state index is 15.8. The summed E-state index contributed by atoms with van der Waals surface area (Å²) in [4.78, 5) is 29.2. The first-order valence-corrected chi connectivity index (χ1v) is 13.2. The monoisotopic (exact) mass is 556 g/mol. The van der Waals surface area contributed by atoms with Crippen molar-refractivity contribution >= 4 is 35.0 Å². The van der Waals surface area contributed by atoms with Gasteiger partial charge in [0.25, 0.3) is 0 Å². The van der Waals surface area contributed by atoms with E-state index in [2.05, 4.69) is 27.0 Å². The lowest BCUT2D eigenvalue weighted by atomic mass is 10.0. The van der Waals surface area contributed by atoms with Crippen molar-refractivity contribution in [2.45, 2.75) is 26.8 Å². The van der Waals surface area contributed by atoms with Crippen LogP contribution in [0, 0.1) is 11.6 Å². The van der Waals surface area contributed by atoms with Crippen LogP contribution < -0.4 is 15.9 Å². The molecule has 0 saturated carbocycles. The van der Waals surface area contributed by atoms with E-state index in [9.17, 15) is 14.3 Å². The van der Waals surface area contributed by atoms with Gasteiger partial charge < -0.3 is 15.3 Å². The van der Waals surface area contributed by atoms with Crippen molar-refractivity contribution in [3.05, 3.63) is 93.9 Å². The molecule has 0 radical (unpaired) electrons. The van der Waals surface area contributed by atoms with Crippen LogP contribution in [0.25, 0.3) is 33.7 Å². The lowest BCUT2D eigenvalue weighted by Crippen LogP contribution is -2.50. The second-order valence-corrected chi connectivity index (χ2v) is 9.82. The van der Waals surface area contributed by atoms with Crippen molar-refractivity contribution in [1.29, 1.82) is 0 Å². The second-order valence-electron chi connectivity index (χ2n) is 9.82. The molecular formula is C31H30F2N6O2. The van der Waals surface area contributed by atoms with E-state index in [1.165, 1.54) is 22.8 Å². The third-order valence-corrected chi connectivity index (χ3v) is 7.26. The minimum absolute atomic E-state index is 0.0399. The predicted molar refractivity (Wildman–Crippen MR) is 159 cm³/mol. The smallest absolute Gasteiger partial charge is 0.355 e. The van der Waals surface area contributed by atoms with E-state index in [0.29, 0.717) is 42.2 Å². The Morgan fingerprint density at radius 3 is 2.56 bits per heavy atom. The summed E-state index contributed by atoms with van der Waals surface area (Å²) in [6.45, 7) is 11.2. The number of phenolic OH excluding ortho intramolecular Hbond substituents is 1. The van der Waals surface area contributed by atoms with Gasteiger partial charge in [0.05, 0.1) is 22.3 Å². The quantitative estimate of drug-likeness (QED) is 0.249. The van der Waals surface area contributed by atoms with Gasteiger partial charge in [-0.2, -0.15) is 4.98 Å². The number of pyridine rings is 1. The molecule has 1 fully saturated rings. The largest absolute Gasteiger partial charge is 0.507 e. The molecule has 2 aromatic carbocycles. The summed E-state index contributed by atoms with van der Waals surface area (Å²) >= 11 is 0. The Labute approximate surface area is 236 Å². The molecule has 5 rings (SSSR count). The average Bonchev–Trinajstić information content (AvgIpc) is 2.97. The highest BCUT2D eigenvalue weighted by atomic mass is 19.1. The van der Waals surface area contributed by atoms with Crippen LogP contribution in [-0.2, 0) is 0 Å². The zero-order chi connectivity index (χ0) is 29.3. The van der Waals surface area contributed by atoms with E-state index in [1.807, 2.05) is 49.1 Å². The van der Waals surface area contributed by atoms with E-state index in [0.717, 1.165) is 6.07 Å². The number of piperazine rings is 1. The van der Waals surface area contributed by atoms with Crippen LogP contribution in [0.5, 0.6) is 5.75 Å². The SMILES string of the molecule is C=N/C(=C(\C(C)=C/C)n1c(=O)nc(N2CCNC[C@@H]2C)c2cc(F)c(-c3c(O)cccc3F)nc21)c1ccccc1. The van der Waals surface area contributed by atoms with Crippen LogP contribution in [0.15, 0.2) is 76.0 Å². The summed E-state index contributed by atoms with van der Waals surface area (Å²) in [5, 5.41) is 14.0. The molecule has 1 aliphatic heterocycles. The van der Waals surface area contributed by atoms with Gasteiger partial charge in [-0.15, -0.1) is 0 Å². The number of halogens is 2. The van der Waals surface area contributed by atoms with E-state index < -0.39 is 34.3 Å². The van der Waals surface area contributed by atoms with Crippen molar-refractivity contribution in [2.24, 2.45) is 4.99 Å². The zero-order valence-corrected chi connectivity index (χ0v) is 23.0. The fraction of sp³-hybridized carbons (Fsp3) is 0.226. The Morgan fingerprint density at radius 1 is 1.15 bits per heavy atom. The van der Waals surface area contributed by atoms with Gasteiger partial charge in [0.2, 0.25) is 0 Å². The van der Waals surface area contributed by atoms with E-state index in [1.54, 1.807) is 13.0 Å². The molecule has 1 saturated heterocycles. The summed E-state index contributed by atoms with van der Waals surface area (Å²) in [5.41, 5.74) is 0.608. The number of anilines is 1. The van der Waals surface area contributed by atoms with Crippen LogP contribution in [0.2, 0.25) is 0 Å². The highest BCUT2D eigenvalue weighted by Crippen LogP contribution is 2.37. The molecule has 10 heteroatoms. The number of benzene rings is 2. The summed E-state index contributed by atoms with van der Waals surface area (Å²) in [5.74, 6) is -1.93. The van der Waals surface area contributed by atoms with Crippen molar-refractivity contribution in [3.8, 4) is 17.0 Å². The Bertz CT molecular complexity index is 1740. The van der Waals surface area contributed by atoms with Crippen LogP contribution in [-0.4, -0.2) is 52.0 Å². The van der Waals surface area contributed by atoms with Gasteiger partial charge in [-0.1, -0.05) is 42.5 Å². The molecule has 2 aromatic heterocycles. The number of hydrogen-bond donors (Lipinski definition) is 2. The number of fused-ring (bicyclic) bond motifs is 1. The predicted octanol–water partition coefficient (Wildman–Crippen LogP) is 5.23. The van der Waals surface area contributed by atoms with Gasteiger partial charge in [-0.3, -0.25) is 4.99 Å². The zero-order valence-electron chi connectivity index (χ0n) is 23.0. The molecule has 2 N–H and O–H groups in total. The van der Waals surface area contributed by atoms with E-state index >= 15 is 4.39 Å². The maximum atomic E-state index is 15.8. The van der Waals surface area contributed by atoms with Crippen molar-refractivity contribution in [1.82, 2.24) is 19.9 Å². The first kappa shape index (κ1) is 27.9. The molecule has 0 spiro atoms. The minimum Gasteiger partial charge on any atom is -0.507 e. The standard InChI is InChI=1S/C31H30F2N6O2/c1-5-18(2)28(26(34-4)20-10-7-6-8-11-20)39-30-21(29(37-31(39)41)38-15-14-35-17-19(38)3)16-23(33)27(36-30)25-22(32)12-9-13-24(25)40/h5-13,16,19,35,40H,4,14-15,17H2,1-3H3/b18-5-,28-26+/t19-/m0/s1. The van der Waals surface area contributed by atoms with E-state index in [4.69, 9.17) is 0 Å². The molecule has 41 heavy (non-hydrogen) atoms. The average molecular weight is 557 g/mol. The molecule has 1 atom stereocenters. The first-order chi connectivity index (χ1) is 19.8. The molecule has 210 valence electrons. The highest BCUT2D eigenvalue weighted by Gasteiger charge is 2.28. The molecule has 1 aliphatic rings. The Kier molecular flexibility index (Phi) is 7.76. The second kappa shape index (κ2) is 11.4. The van der Waals surface area contributed by atoms with Gasteiger partial charge in [-0.05, 0) is 51.3 Å². The molecule has 3 heterocycles. The summed E-state index contributed by atoms with van der Waals surface area (Å²) in [6.07, 6.45) is 1.81.